The third-order valence-corrected chi connectivity index (χ3v) is 7.60. The van der Waals surface area contributed by atoms with Crippen LogP contribution in [-0.2, 0) is 6.61 Å². The summed E-state index contributed by atoms with van der Waals surface area (Å²) >= 11 is 19.3. The van der Waals surface area contributed by atoms with Crippen LogP contribution in [0.2, 0.25) is 10.0 Å². The van der Waals surface area contributed by atoms with Crippen molar-refractivity contribution in [2.45, 2.75) is 39.7 Å². The summed E-state index contributed by atoms with van der Waals surface area (Å²) in [6.07, 6.45) is 2.43. The molecule has 0 spiro atoms. The zero-order valence-corrected chi connectivity index (χ0v) is 25.7. The highest BCUT2D eigenvalue weighted by Crippen LogP contribution is 2.37. The van der Waals surface area contributed by atoms with Crippen molar-refractivity contribution in [2.24, 2.45) is 5.10 Å². The molecule has 0 aliphatic rings. The topological polar surface area (TPSA) is 65.7 Å². The summed E-state index contributed by atoms with van der Waals surface area (Å²) in [5.74, 6) is 1.70. The van der Waals surface area contributed by atoms with E-state index in [4.69, 9.17) is 37.7 Å². The average Bonchev–Trinajstić information content (AvgIpc) is 2.88. The van der Waals surface area contributed by atoms with E-state index in [0.29, 0.717) is 54.9 Å². The van der Waals surface area contributed by atoms with Gasteiger partial charge in [0.1, 0.15) is 12.4 Å². The molecule has 4 aromatic rings. The molecular weight excluding hydrogens is 657 g/mol. The average molecular weight is 682 g/mol. The van der Waals surface area contributed by atoms with Crippen LogP contribution in [0.5, 0.6) is 11.5 Å². The van der Waals surface area contributed by atoms with Gasteiger partial charge in [0.2, 0.25) is 0 Å². The van der Waals surface area contributed by atoms with Crippen LogP contribution < -0.4 is 15.0 Å². The number of rotatable bonds is 9. The normalized spacial score (nSPS) is 12.3. The van der Waals surface area contributed by atoms with Crippen molar-refractivity contribution in [3.05, 3.63) is 94.8 Å². The van der Waals surface area contributed by atoms with Gasteiger partial charge in [-0.2, -0.15) is 9.78 Å². The van der Waals surface area contributed by atoms with Gasteiger partial charge in [-0.05, 0) is 77.3 Å². The molecule has 0 fully saturated rings. The first-order valence-corrected chi connectivity index (χ1v) is 14.4. The Morgan fingerprint density at radius 1 is 1.08 bits per heavy atom. The van der Waals surface area contributed by atoms with E-state index in [2.05, 4.69) is 43.9 Å². The minimum atomic E-state index is -0.230. The van der Waals surface area contributed by atoms with Crippen LogP contribution in [-0.4, -0.2) is 22.5 Å². The van der Waals surface area contributed by atoms with E-state index in [-0.39, 0.29) is 18.1 Å². The maximum absolute atomic E-state index is 13.4. The van der Waals surface area contributed by atoms with E-state index in [1.54, 1.807) is 24.4 Å². The number of fused-ring (bicyclic) bond motifs is 1. The second-order valence-corrected chi connectivity index (χ2v) is 11.2. The Labute approximate surface area is 247 Å². The lowest BCUT2D eigenvalue weighted by Crippen LogP contribution is -2.23. The fraction of sp³-hybridized carbons (Fsp3) is 0.250. The lowest BCUT2D eigenvalue weighted by atomic mass is 10.1. The third kappa shape index (κ3) is 6.42. The lowest BCUT2D eigenvalue weighted by Gasteiger charge is -2.16. The molecule has 1 aromatic heterocycles. The zero-order chi connectivity index (χ0) is 27.4. The van der Waals surface area contributed by atoms with E-state index < -0.39 is 0 Å². The summed E-state index contributed by atoms with van der Waals surface area (Å²) in [6.45, 7) is 6.64. The van der Waals surface area contributed by atoms with Crippen LogP contribution in [0.3, 0.4) is 0 Å². The van der Waals surface area contributed by atoms with E-state index in [0.717, 1.165) is 16.5 Å². The predicted octanol–water partition coefficient (Wildman–Crippen LogP) is 8.60. The summed E-state index contributed by atoms with van der Waals surface area (Å²) in [4.78, 5) is 18.2. The van der Waals surface area contributed by atoms with Crippen LogP contribution in [0, 0.1) is 0 Å². The Kier molecular flexibility index (Phi) is 9.52. The molecule has 0 radical (unpaired) electrons. The van der Waals surface area contributed by atoms with Gasteiger partial charge in [-0.1, -0.05) is 59.0 Å². The fourth-order valence-electron chi connectivity index (χ4n) is 3.76. The maximum atomic E-state index is 13.4. The van der Waals surface area contributed by atoms with Crippen molar-refractivity contribution in [3.8, 4) is 11.5 Å². The monoisotopic (exact) mass is 679 g/mol. The fourth-order valence-corrected chi connectivity index (χ4v) is 5.16. The summed E-state index contributed by atoms with van der Waals surface area (Å²) in [5, 5.41) is 6.14. The minimum absolute atomic E-state index is 0.0362. The van der Waals surface area contributed by atoms with Crippen molar-refractivity contribution >= 4 is 72.2 Å². The standard InChI is InChI=1S/C28H25Br2Cl2N3O3/c1-4-16(3)27-34-24-9-7-19(29)12-21(24)28(36)35(27)33-14-17-10-22(30)26(25(11-17)37-5-2)38-15-18-6-8-20(31)13-23(18)32/h6-14,16H,4-5,15H2,1-3H3/t16-/m0/s1. The molecule has 1 heterocycles. The molecule has 0 aliphatic carbocycles. The Morgan fingerprint density at radius 2 is 1.87 bits per heavy atom. The lowest BCUT2D eigenvalue weighted by molar-refractivity contribution is 0.267. The number of halogens is 4. The van der Waals surface area contributed by atoms with Crippen molar-refractivity contribution in [3.63, 3.8) is 0 Å². The molecule has 10 heteroatoms. The van der Waals surface area contributed by atoms with E-state index in [9.17, 15) is 4.79 Å². The Hall–Kier alpha value is -2.39. The largest absolute Gasteiger partial charge is 0.490 e. The van der Waals surface area contributed by atoms with Gasteiger partial charge in [0, 0.05) is 26.0 Å². The molecule has 0 amide bonds. The Bertz CT molecular complexity index is 1570. The molecule has 0 unspecified atom stereocenters. The van der Waals surface area contributed by atoms with Crippen molar-refractivity contribution < 1.29 is 9.47 Å². The molecule has 6 nitrogen and oxygen atoms in total. The third-order valence-electron chi connectivity index (χ3n) is 5.93. The van der Waals surface area contributed by atoms with Gasteiger partial charge >= 0.3 is 0 Å². The van der Waals surface area contributed by atoms with Crippen molar-refractivity contribution in [2.75, 3.05) is 6.61 Å². The van der Waals surface area contributed by atoms with Crippen molar-refractivity contribution in [1.82, 2.24) is 9.66 Å². The number of nitrogens with zero attached hydrogens (tertiary/aromatic N) is 3. The van der Waals surface area contributed by atoms with Gasteiger partial charge in [0.15, 0.2) is 11.5 Å². The molecule has 3 aromatic carbocycles. The van der Waals surface area contributed by atoms with E-state index >= 15 is 0 Å². The first kappa shape index (κ1) is 28.6. The highest BCUT2D eigenvalue weighted by atomic mass is 79.9. The van der Waals surface area contributed by atoms with Crippen LogP contribution in [0.15, 0.2) is 67.4 Å². The number of aromatic nitrogens is 2. The van der Waals surface area contributed by atoms with Gasteiger partial charge < -0.3 is 9.47 Å². The van der Waals surface area contributed by atoms with Crippen LogP contribution in [0.4, 0.5) is 0 Å². The molecule has 0 bridgehead atoms. The van der Waals surface area contributed by atoms with Gasteiger partial charge in [-0.25, -0.2) is 4.98 Å². The van der Waals surface area contributed by atoms with Gasteiger partial charge in [0.05, 0.1) is 28.2 Å². The summed E-state index contributed by atoms with van der Waals surface area (Å²) in [6, 6.07) is 14.4. The molecule has 4 rings (SSSR count). The Balaban J connectivity index is 1.71. The summed E-state index contributed by atoms with van der Waals surface area (Å²) in [7, 11) is 0. The SMILES string of the molecule is CCOc1cc(C=Nn2c([C@@H](C)CC)nc3ccc(Br)cc3c2=O)cc(Br)c1OCc1ccc(Cl)cc1Cl. The zero-order valence-electron chi connectivity index (χ0n) is 21.0. The molecular formula is C28H25Br2Cl2N3O3. The molecule has 198 valence electrons. The summed E-state index contributed by atoms with van der Waals surface area (Å²) in [5.41, 5.74) is 1.92. The minimum Gasteiger partial charge on any atom is -0.490 e. The molecule has 0 saturated heterocycles. The molecule has 0 saturated carbocycles. The second-order valence-electron chi connectivity index (χ2n) is 8.59. The Morgan fingerprint density at radius 3 is 2.58 bits per heavy atom. The number of hydrogen-bond acceptors (Lipinski definition) is 5. The maximum Gasteiger partial charge on any atom is 0.282 e. The highest BCUT2D eigenvalue weighted by molar-refractivity contribution is 9.10. The molecule has 38 heavy (non-hydrogen) atoms. The van der Waals surface area contributed by atoms with Gasteiger partial charge in [-0.3, -0.25) is 4.79 Å². The predicted molar refractivity (Wildman–Crippen MR) is 162 cm³/mol. The number of benzene rings is 3. The van der Waals surface area contributed by atoms with E-state index in [1.165, 1.54) is 4.68 Å². The summed E-state index contributed by atoms with van der Waals surface area (Å²) < 4.78 is 14.8. The quantitative estimate of drug-likeness (QED) is 0.166. The molecule has 0 aliphatic heterocycles. The van der Waals surface area contributed by atoms with Crippen LogP contribution in [0.1, 0.15) is 50.1 Å². The van der Waals surface area contributed by atoms with Gasteiger partial charge in [0.25, 0.3) is 5.56 Å². The second kappa shape index (κ2) is 12.6. The number of hydrogen-bond donors (Lipinski definition) is 0. The number of ether oxygens (including phenoxy) is 2. The van der Waals surface area contributed by atoms with Crippen LogP contribution in [0.25, 0.3) is 10.9 Å². The van der Waals surface area contributed by atoms with Crippen LogP contribution >= 0.6 is 55.1 Å². The first-order valence-electron chi connectivity index (χ1n) is 12.0. The van der Waals surface area contributed by atoms with Gasteiger partial charge in [-0.15, -0.1) is 0 Å². The highest BCUT2D eigenvalue weighted by Gasteiger charge is 2.17. The first-order chi connectivity index (χ1) is 18.2. The van der Waals surface area contributed by atoms with E-state index in [1.807, 2.05) is 44.2 Å². The molecule has 1 atom stereocenters. The smallest absolute Gasteiger partial charge is 0.282 e. The van der Waals surface area contributed by atoms with Crippen molar-refractivity contribution in [1.29, 1.82) is 0 Å². The molecule has 0 N–H and O–H groups in total.